The topological polar surface area (TPSA) is 51.8 Å². The molecular weight excluding hydrogens is 237 g/mol. The smallest absolute Gasteiger partial charge is 0.156 e. The molecule has 0 bridgehead atoms. The SMILES string of the molecule is Cc1cc(F)ccc1CSc1nccnc1N. The second kappa shape index (κ2) is 5.14. The lowest BCUT2D eigenvalue weighted by atomic mass is 10.1. The molecule has 1 aromatic carbocycles. The van der Waals surface area contributed by atoms with E-state index in [0.717, 1.165) is 11.1 Å². The van der Waals surface area contributed by atoms with Crippen LogP contribution >= 0.6 is 11.8 Å². The van der Waals surface area contributed by atoms with Crippen LogP contribution in [0, 0.1) is 12.7 Å². The zero-order valence-electron chi connectivity index (χ0n) is 9.35. The summed E-state index contributed by atoms with van der Waals surface area (Å²) in [5.74, 6) is 0.919. The molecule has 0 aliphatic heterocycles. The predicted molar refractivity (Wildman–Crippen MR) is 67.1 cm³/mol. The monoisotopic (exact) mass is 249 g/mol. The normalized spacial score (nSPS) is 10.5. The van der Waals surface area contributed by atoms with Crippen molar-refractivity contribution >= 4 is 17.6 Å². The van der Waals surface area contributed by atoms with Crippen LogP contribution in [0.2, 0.25) is 0 Å². The molecular formula is C12H12FN3S. The molecule has 0 spiro atoms. The summed E-state index contributed by atoms with van der Waals surface area (Å²) >= 11 is 1.50. The average Bonchev–Trinajstić information content (AvgIpc) is 2.30. The number of thioether (sulfide) groups is 1. The first-order valence-corrected chi connectivity index (χ1v) is 6.09. The Bertz CT molecular complexity index is 531. The maximum atomic E-state index is 12.9. The molecule has 2 aromatic rings. The van der Waals surface area contributed by atoms with Crippen molar-refractivity contribution in [2.24, 2.45) is 0 Å². The molecule has 0 fully saturated rings. The van der Waals surface area contributed by atoms with Gasteiger partial charge in [0.2, 0.25) is 0 Å². The maximum absolute atomic E-state index is 12.9. The van der Waals surface area contributed by atoms with Gasteiger partial charge in [0.05, 0.1) is 0 Å². The van der Waals surface area contributed by atoms with Crippen LogP contribution in [0.4, 0.5) is 10.2 Å². The summed E-state index contributed by atoms with van der Waals surface area (Å²) in [5.41, 5.74) is 7.69. The van der Waals surface area contributed by atoms with Gasteiger partial charge in [-0.25, -0.2) is 14.4 Å². The van der Waals surface area contributed by atoms with Gasteiger partial charge in [-0.3, -0.25) is 0 Å². The van der Waals surface area contributed by atoms with E-state index in [0.29, 0.717) is 16.6 Å². The molecule has 1 heterocycles. The van der Waals surface area contributed by atoms with Crippen molar-refractivity contribution in [2.75, 3.05) is 5.73 Å². The summed E-state index contributed by atoms with van der Waals surface area (Å²) < 4.78 is 12.9. The van der Waals surface area contributed by atoms with Gasteiger partial charge in [0.15, 0.2) is 5.82 Å². The summed E-state index contributed by atoms with van der Waals surface area (Å²) in [5, 5.41) is 0.705. The number of nitrogens with two attached hydrogens (primary N) is 1. The largest absolute Gasteiger partial charge is 0.381 e. The summed E-state index contributed by atoms with van der Waals surface area (Å²) in [6.07, 6.45) is 3.17. The zero-order chi connectivity index (χ0) is 12.3. The van der Waals surface area contributed by atoms with Crippen LogP contribution in [-0.2, 0) is 5.75 Å². The minimum atomic E-state index is -0.213. The van der Waals surface area contributed by atoms with Gasteiger partial charge in [-0.2, -0.15) is 0 Å². The van der Waals surface area contributed by atoms with E-state index in [2.05, 4.69) is 9.97 Å². The maximum Gasteiger partial charge on any atom is 0.156 e. The van der Waals surface area contributed by atoms with Gasteiger partial charge in [-0.05, 0) is 30.2 Å². The van der Waals surface area contributed by atoms with E-state index in [1.54, 1.807) is 18.5 Å². The van der Waals surface area contributed by atoms with Crippen molar-refractivity contribution in [3.63, 3.8) is 0 Å². The zero-order valence-corrected chi connectivity index (χ0v) is 10.2. The van der Waals surface area contributed by atoms with E-state index >= 15 is 0 Å². The van der Waals surface area contributed by atoms with Crippen molar-refractivity contribution in [3.8, 4) is 0 Å². The minimum absolute atomic E-state index is 0.213. The highest BCUT2D eigenvalue weighted by Crippen LogP contribution is 2.25. The fourth-order valence-corrected chi connectivity index (χ4v) is 2.37. The van der Waals surface area contributed by atoms with Crippen LogP contribution < -0.4 is 5.73 Å². The summed E-state index contributed by atoms with van der Waals surface area (Å²) in [7, 11) is 0. The van der Waals surface area contributed by atoms with Crippen molar-refractivity contribution in [1.29, 1.82) is 0 Å². The number of anilines is 1. The van der Waals surface area contributed by atoms with E-state index in [1.165, 1.54) is 23.9 Å². The van der Waals surface area contributed by atoms with Crippen LogP contribution in [0.25, 0.3) is 0 Å². The van der Waals surface area contributed by atoms with Gasteiger partial charge < -0.3 is 5.73 Å². The van der Waals surface area contributed by atoms with Crippen molar-refractivity contribution in [1.82, 2.24) is 9.97 Å². The molecule has 3 nitrogen and oxygen atoms in total. The molecule has 0 saturated carbocycles. The highest BCUT2D eigenvalue weighted by atomic mass is 32.2. The predicted octanol–water partition coefficient (Wildman–Crippen LogP) is 2.80. The third-order valence-electron chi connectivity index (χ3n) is 2.36. The second-order valence-electron chi connectivity index (χ2n) is 3.61. The fraction of sp³-hybridized carbons (Fsp3) is 0.167. The third-order valence-corrected chi connectivity index (χ3v) is 3.40. The summed E-state index contributed by atoms with van der Waals surface area (Å²) in [6.45, 7) is 1.89. The van der Waals surface area contributed by atoms with Crippen LogP contribution in [-0.4, -0.2) is 9.97 Å². The molecule has 0 saturated heterocycles. The number of aryl methyl sites for hydroxylation is 1. The molecule has 1 aromatic heterocycles. The Morgan fingerprint density at radius 1 is 1.29 bits per heavy atom. The first kappa shape index (κ1) is 11.9. The first-order valence-electron chi connectivity index (χ1n) is 5.11. The number of hydrogen-bond donors (Lipinski definition) is 1. The number of halogens is 1. The lowest BCUT2D eigenvalue weighted by Crippen LogP contribution is -1.95. The number of nitrogen functional groups attached to an aromatic ring is 1. The standard InChI is InChI=1S/C12H12FN3S/c1-8-6-10(13)3-2-9(8)7-17-12-11(14)15-4-5-16-12/h2-6H,7H2,1H3,(H2,14,15). The van der Waals surface area contributed by atoms with Crippen LogP contribution in [0.1, 0.15) is 11.1 Å². The van der Waals surface area contributed by atoms with Crippen molar-refractivity contribution < 1.29 is 4.39 Å². The van der Waals surface area contributed by atoms with Crippen molar-refractivity contribution in [2.45, 2.75) is 17.7 Å². The Morgan fingerprint density at radius 2 is 2.06 bits per heavy atom. The lowest BCUT2D eigenvalue weighted by Gasteiger charge is -2.06. The second-order valence-corrected chi connectivity index (χ2v) is 4.57. The summed E-state index contributed by atoms with van der Waals surface area (Å²) in [6, 6.07) is 4.77. The van der Waals surface area contributed by atoms with Gasteiger partial charge >= 0.3 is 0 Å². The van der Waals surface area contributed by atoms with Gasteiger partial charge in [-0.15, -0.1) is 0 Å². The molecule has 0 radical (unpaired) electrons. The van der Waals surface area contributed by atoms with E-state index in [1.807, 2.05) is 6.92 Å². The Morgan fingerprint density at radius 3 is 2.76 bits per heavy atom. The Balaban J connectivity index is 2.10. The molecule has 0 aliphatic rings. The van der Waals surface area contributed by atoms with Gasteiger partial charge in [0.1, 0.15) is 10.8 Å². The van der Waals surface area contributed by atoms with Gasteiger partial charge in [0, 0.05) is 18.1 Å². The van der Waals surface area contributed by atoms with E-state index < -0.39 is 0 Å². The van der Waals surface area contributed by atoms with Crippen molar-refractivity contribution in [3.05, 3.63) is 47.5 Å². The minimum Gasteiger partial charge on any atom is -0.381 e. The summed E-state index contributed by atoms with van der Waals surface area (Å²) in [4.78, 5) is 8.10. The molecule has 5 heteroatoms. The molecule has 2 rings (SSSR count). The number of rotatable bonds is 3. The molecule has 0 aliphatic carbocycles. The average molecular weight is 249 g/mol. The Kier molecular flexibility index (Phi) is 3.58. The third kappa shape index (κ3) is 2.94. The highest BCUT2D eigenvalue weighted by Gasteiger charge is 2.05. The van der Waals surface area contributed by atoms with E-state index in [4.69, 9.17) is 5.73 Å². The Labute approximate surface area is 103 Å². The molecule has 88 valence electrons. The fourth-order valence-electron chi connectivity index (χ4n) is 1.41. The Hall–Kier alpha value is -1.62. The van der Waals surface area contributed by atoms with E-state index in [9.17, 15) is 4.39 Å². The van der Waals surface area contributed by atoms with Crippen LogP contribution in [0.15, 0.2) is 35.6 Å². The number of aromatic nitrogens is 2. The van der Waals surface area contributed by atoms with Gasteiger partial charge in [-0.1, -0.05) is 17.8 Å². The molecule has 0 amide bonds. The quantitative estimate of drug-likeness (QED) is 0.850. The highest BCUT2D eigenvalue weighted by molar-refractivity contribution is 7.98. The van der Waals surface area contributed by atoms with Crippen LogP contribution in [0.3, 0.4) is 0 Å². The molecule has 0 atom stereocenters. The number of hydrogen-bond acceptors (Lipinski definition) is 4. The van der Waals surface area contributed by atoms with Gasteiger partial charge in [0.25, 0.3) is 0 Å². The first-order chi connectivity index (χ1) is 8.16. The molecule has 17 heavy (non-hydrogen) atoms. The number of benzene rings is 1. The molecule has 0 unspecified atom stereocenters. The number of nitrogens with zero attached hydrogens (tertiary/aromatic N) is 2. The lowest BCUT2D eigenvalue weighted by molar-refractivity contribution is 0.626. The molecule has 2 N–H and O–H groups in total. The van der Waals surface area contributed by atoms with E-state index in [-0.39, 0.29) is 5.82 Å². The van der Waals surface area contributed by atoms with Crippen LogP contribution in [0.5, 0.6) is 0 Å².